The van der Waals surface area contributed by atoms with Gasteiger partial charge < -0.3 is 16.0 Å². The van der Waals surface area contributed by atoms with Crippen LogP contribution in [0.1, 0.15) is 27.2 Å². The van der Waals surface area contributed by atoms with Crippen LogP contribution in [0.3, 0.4) is 0 Å². The third-order valence-corrected chi connectivity index (χ3v) is 2.82. The van der Waals surface area contributed by atoms with E-state index in [1.165, 1.54) is 0 Å². The molecule has 0 spiro atoms. The SMILES string of the molecule is CCCNc1cc(N(C)CC(C)(C)CN)ncn1. The van der Waals surface area contributed by atoms with Crippen molar-refractivity contribution in [2.45, 2.75) is 27.2 Å². The number of hydrogen-bond donors (Lipinski definition) is 2. The second kappa shape index (κ2) is 6.54. The van der Waals surface area contributed by atoms with E-state index in [2.05, 4.69) is 41.0 Å². The fraction of sp³-hybridized carbons (Fsp3) is 0.692. The second-order valence-electron chi connectivity index (χ2n) is 5.41. The van der Waals surface area contributed by atoms with Crippen molar-refractivity contribution in [3.05, 3.63) is 12.4 Å². The highest BCUT2D eigenvalue weighted by Crippen LogP contribution is 2.19. The molecule has 0 bridgehead atoms. The van der Waals surface area contributed by atoms with Gasteiger partial charge in [-0.3, -0.25) is 0 Å². The molecule has 3 N–H and O–H groups in total. The summed E-state index contributed by atoms with van der Waals surface area (Å²) in [5.74, 6) is 1.80. The Labute approximate surface area is 110 Å². The summed E-state index contributed by atoms with van der Waals surface area (Å²) in [6, 6.07) is 1.97. The highest BCUT2D eigenvalue weighted by Gasteiger charge is 2.19. The lowest BCUT2D eigenvalue weighted by Crippen LogP contribution is -2.37. The molecular weight excluding hydrogens is 226 g/mol. The fourth-order valence-corrected chi connectivity index (χ4v) is 1.69. The van der Waals surface area contributed by atoms with Crippen molar-refractivity contribution in [2.24, 2.45) is 11.1 Å². The molecule has 0 aromatic carbocycles. The maximum Gasteiger partial charge on any atom is 0.133 e. The number of hydrogen-bond acceptors (Lipinski definition) is 5. The minimum Gasteiger partial charge on any atom is -0.370 e. The number of anilines is 2. The summed E-state index contributed by atoms with van der Waals surface area (Å²) in [7, 11) is 2.03. The maximum atomic E-state index is 5.76. The zero-order chi connectivity index (χ0) is 13.6. The molecule has 0 aliphatic rings. The Hall–Kier alpha value is -1.36. The summed E-state index contributed by atoms with van der Waals surface area (Å²) >= 11 is 0. The zero-order valence-corrected chi connectivity index (χ0v) is 11.9. The van der Waals surface area contributed by atoms with E-state index in [1.807, 2.05) is 13.1 Å². The highest BCUT2D eigenvalue weighted by atomic mass is 15.2. The van der Waals surface area contributed by atoms with E-state index < -0.39 is 0 Å². The molecule has 18 heavy (non-hydrogen) atoms. The van der Waals surface area contributed by atoms with Gasteiger partial charge >= 0.3 is 0 Å². The highest BCUT2D eigenvalue weighted by molar-refractivity contribution is 5.48. The Morgan fingerprint density at radius 1 is 1.39 bits per heavy atom. The lowest BCUT2D eigenvalue weighted by molar-refractivity contribution is 0.384. The smallest absolute Gasteiger partial charge is 0.133 e. The molecule has 1 aromatic heterocycles. The molecule has 0 aliphatic heterocycles. The Morgan fingerprint density at radius 2 is 2.11 bits per heavy atom. The summed E-state index contributed by atoms with van der Waals surface area (Å²) in [6.45, 7) is 8.89. The summed E-state index contributed by atoms with van der Waals surface area (Å²) < 4.78 is 0. The second-order valence-corrected chi connectivity index (χ2v) is 5.41. The predicted molar refractivity (Wildman–Crippen MR) is 76.9 cm³/mol. The van der Waals surface area contributed by atoms with Crippen LogP contribution in [-0.2, 0) is 0 Å². The van der Waals surface area contributed by atoms with Gasteiger partial charge in [-0.2, -0.15) is 0 Å². The van der Waals surface area contributed by atoms with Crippen molar-refractivity contribution in [1.29, 1.82) is 0 Å². The van der Waals surface area contributed by atoms with Crippen molar-refractivity contribution in [3.63, 3.8) is 0 Å². The molecule has 5 nitrogen and oxygen atoms in total. The van der Waals surface area contributed by atoms with Gasteiger partial charge in [0, 0.05) is 26.2 Å². The quantitative estimate of drug-likeness (QED) is 0.772. The summed E-state index contributed by atoms with van der Waals surface area (Å²) in [6.07, 6.45) is 2.68. The molecular formula is C13H25N5. The van der Waals surface area contributed by atoms with Gasteiger partial charge in [-0.15, -0.1) is 0 Å². The standard InChI is InChI=1S/C13H25N5/c1-5-6-15-11-7-12(17-10-16-11)18(4)9-13(2,3)8-14/h7,10H,5-6,8-9,14H2,1-4H3,(H,15,16,17). The molecule has 0 radical (unpaired) electrons. The van der Waals surface area contributed by atoms with Crippen LogP contribution in [-0.4, -0.2) is 36.6 Å². The average molecular weight is 251 g/mol. The van der Waals surface area contributed by atoms with Crippen LogP contribution in [0.5, 0.6) is 0 Å². The van der Waals surface area contributed by atoms with Gasteiger partial charge in [0.05, 0.1) is 0 Å². The molecule has 0 amide bonds. The maximum absolute atomic E-state index is 5.76. The Kier molecular flexibility index (Phi) is 5.34. The third-order valence-electron chi connectivity index (χ3n) is 2.82. The molecule has 0 fully saturated rings. The Bertz CT molecular complexity index is 364. The lowest BCUT2D eigenvalue weighted by atomic mass is 9.93. The largest absolute Gasteiger partial charge is 0.370 e. The fourth-order valence-electron chi connectivity index (χ4n) is 1.69. The van der Waals surface area contributed by atoms with Crippen molar-refractivity contribution in [2.75, 3.05) is 36.9 Å². The minimum atomic E-state index is 0.0801. The third kappa shape index (κ3) is 4.49. The topological polar surface area (TPSA) is 67.1 Å². The van der Waals surface area contributed by atoms with Gasteiger partial charge in [0.2, 0.25) is 0 Å². The number of nitrogens with one attached hydrogen (secondary N) is 1. The summed E-state index contributed by atoms with van der Waals surface area (Å²) in [5, 5.41) is 3.26. The Balaban J connectivity index is 2.70. The first kappa shape index (κ1) is 14.7. The van der Waals surface area contributed by atoms with Crippen LogP contribution >= 0.6 is 0 Å². The van der Waals surface area contributed by atoms with E-state index in [9.17, 15) is 0 Å². The lowest BCUT2D eigenvalue weighted by Gasteiger charge is -2.29. The van der Waals surface area contributed by atoms with Crippen molar-refractivity contribution in [1.82, 2.24) is 9.97 Å². The normalized spacial score (nSPS) is 11.4. The molecule has 0 atom stereocenters. The average Bonchev–Trinajstić information content (AvgIpc) is 2.36. The molecule has 5 heteroatoms. The van der Waals surface area contributed by atoms with E-state index in [0.29, 0.717) is 6.54 Å². The predicted octanol–water partition coefficient (Wildman–Crippen LogP) is 1.72. The number of aromatic nitrogens is 2. The van der Waals surface area contributed by atoms with Crippen LogP contribution in [0.2, 0.25) is 0 Å². The Morgan fingerprint density at radius 3 is 2.72 bits per heavy atom. The molecule has 0 unspecified atom stereocenters. The molecule has 1 rings (SSSR count). The number of rotatable bonds is 7. The number of nitrogens with zero attached hydrogens (tertiary/aromatic N) is 3. The van der Waals surface area contributed by atoms with Crippen LogP contribution < -0.4 is 16.0 Å². The molecule has 0 aliphatic carbocycles. The molecule has 102 valence electrons. The van der Waals surface area contributed by atoms with E-state index >= 15 is 0 Å². The van der Waals surface area contributed by atoms with Crippen molar-refractivity contribution in [3.8, 4) is 0 Å². The van der Waals surface area contributed by atoms with Crippen LogP contribution in [0.25, 0.3) is 0 Å². The first-order valence-electron chi connectivity index (χ1n) is 6.45. The minimum absolute atomic E-state index is 0.0801. The van der Waals surface area contributed by atoms with E-state index in [0.717, 1.165) is 31.1 Å². The van der Waals surface area contributed by atoms with Gasteiger partial charge in [0.25, 0.3) is 0 Å². The number of nitrogens with two attached hydrogens (primary N) is 1. The molecule has 1 heterocycles. The van der Waals surface area contributed by atoms with E-state index in [4.69, 9.17) is 5.73 Å². The van der Waals surface area contributed by atoms with Crippen molar-refractivity contribution < 1.29 is 0 Å². The van der Waals surface area contributed by atoms with Crippen molar-refractivity contribution >= 4 is 11.6 Å². The van der Waals surface area contributed by atoms with Crippen LogP contribution in [0.4, 0.5) is 11.6 Å². The van der Waals surface area contributed by atoms with Gasteiger partial charge in [-0.1, -0.05) is 20.8 Å². The van der Waals surface area contributed by atoms with E-state index in [-0.39, 0.29) is 5.41 Å². The summed E-state index contributed by atoms with van der Waals surface area (Å²) in [5.41, 5.74) is 5.84. The molecule has 0 saturated carbocycles. The first-order chi connectivity index (χ1) is 8.48. The van der Waals surface area contributed by atoms with Gasteiger partial charge in [-0.25, -0.2) is 9.97 Å². The molecule has 1 aromatic rings. The van der Waals surface area contributed by atoms with Gasteiger partial charge in [0.1, 0.15) is 18.0 Å². The summed E-state index contributed by atoms with van der Waals surface area (Å²) in [4.78, 5) is 10.6. The van der Waals surface area contributed by atoms with E-state index in [1.54, 1.807) is 6.33 Å². The monoisotopic (exact) mass is 251 g/mol. The van der Waals surface area contributed by atoms with Crippen LogP contribution in [0.15, 0.2) is 12.4 Å². The van der Waals surface area contributed by atoms with Gasteiger partial charge in [-0.05, 0) is 18.4 Å². The van der Waals surface area contributed by atoms with Gasteiger partial charge in [0.15, 0.2) is 0 Å². The van der Waals surface area contributed by atoms with Crippen LogP contribution in [0, 0.1) is 5.41 Å². The first-order valence-corrected chi connectivity index (χ1v) is 6.45. The molecule has 0 saturated heterocycles. The zero-order valence-electron chi connectivity index (χ0n) is 11.9.